The van der Waals surface area contributed by atoms with E-state index >= 15 is 0 Å². The molecule has 2 aliphatic rings. The predicted molar refractivity (Wildman–Crippen MR) is 247 cm³/mol. The molecule has 5 heterocycles. The molecule has 1 radical (unpaired) electrons. The predicted octanol–water partition coefficient (Wildman–Crippen LogP) is 11.6. The number of halogens is 2. The van der Waals surface area contributed by atoms with Crippen LogP contribution in [0.25, 0.3) is 90.9 Å². The number of nitroso groups, excluding NO2 is 1. The summed E-state index contributed by atoms with van der Waals surface area (Å²) in [6.45, 7) is 0. The fourth-order valence-electron chi connectivity index (χ4n) is 7.30. The molecule has 0 atom stereocenters. The Kier molecular flexibility index (Phi) is 15.0. The molecule has 3 aromatic heterocycles. The summed E-state index contributed by atoms with van der Waals surface area (Å²) >= 11 is 9.53. The number of alkyl halides is 2. The molecule has 0 spiro atoms. The average Bonchev–Trinajstić information content (AvgIpc) is 4.17. The third kappa shape index (κ3) is 9.32. The second kappa shape index (κ2) is 20.8. The number of hydrogen-bond acceptors (Lipinski definition) is 7. The minimum atomic E-state index is 0. The Bertz CT molecular complexity index is 2500. The summed E-state index contributed by atoms with van der Waals surface area (Å²) in [6.07, 6.45) is 8.23. The van der Waals surface area contributed by atoms with Crippen molar-refractivity contribution in [3.8, 4) is 67.5 Å². The molecule has 2 aliphatic heterocycles. The van der Waals surface area contributed by atoms with Crippen LogP contribution in [0.15, 0.2) is 121 Å². The maximum atomic E-state index is 7.25. The SMILES string of the molecule is COc1ccc(-c2c3nc(c(-c4ccc(OC)cc4)c4ccc([n-]4)c(-c4ccc(OC)cc4)c4nc(c(-c5ccc(OC)cc5)c5ccc2[n-]5)C=C4)C=C3)cc1.ClCCl.[Fe+2].[N]=O. The van der Waals surface area contributed by atoms with Crippen molar-refractivity contribution in [3.05, 3.63) is 149 Å². The maximum absolute atomic E-state index is 7.25. The minimum absolute atomic E-state index is 0. The first kappa shape index (κ1) is 44.9. The summed E-state index contributed by atoms with van der Waals surface area (Å²) in [6, 6.07) is 40.3. The van der Waals surface area contributed by atoms with E-state index in [1.54, 1.807) is 28.4 Å². The first-order chi connectivity index (χ1) is 29.9. The van der Waals surface area contributed by atoms with E-state index in [1.807, 2.05) is 97.1 Å². The zero-order valence-electron chi connectivity index (χ0n) is 34.0. The van der Waals surface area contributed by atoms with Gasteiger partial charge in [-0.25, -0.2) is 9.97 Å². The molecule has 10 nitrogen and oxygen atoms in total. The van der Waals surface area contributed by atoms with Gasteiger partial charge < -0.3 is 28.9 Å². The van der Waals surface area contributed by atoms with Crippen LogP contribution in [-0.2, 0) is 17.1 Å². The number of methoxy groups -OCH3 is 4. The fourth-order valence-corrected chi connectivity index (χ4v) is 7.30. The fraction of sp³-hybridized carbons (Fsp3) is 0.102. The molecule has 9 rings (SSSR count). The van der Waals surface area contributed by atoms with Crippen molar-refractivity contribution in [2.24, 2.45) is 0 Å². The van der Waals surface area contributed by atoms with Crippen LogP contribution in [0.5, 0.6) is 23.0 Å². The van der Waals surface area contributed by atoms with E-state index in [2.05, 4.69) is 48.6 Å². The van der Waals surface area contributed by atoms with Crippen molar-refractivity contribution in [1.82, 2.24) is 25.5 Å². The normalized spacial score (nSPS) is 11.0. The van der Waals surface area contributed by atoms with E-state index in [0.29, 0.717) is 0 Å². The van der Waals surface area contributed by atoms with E-state index in [9.17, 15) is 0 Å². The van der Waals surface area contributed by atoms with Gasteiger partial charge in [0, 0.05) is 0 Å². The third-order valence-corrected chi connectivity index (χ3v) is 10.1. The maximum Gasteiger partial charge on any atom is 2.00 e. The van der Waals surface area contributed by atoms with E-state index < -0.39 is 0 Å². The Balaban J connectivity index is 0.00000103. The van der Waals surface area contributed by atoms with Gasteiger partial charge in [0.05, 0.1) is 56.6 Å². The molecular weight excluding hydrogens is 865 g/mol. The average molecular weight is 904 g/mol. The van der Waals surface area contributed by atoms with Crippen LogP contribution in [-0.4, -0.2) is 43.7 Å². The molecule has 0 aliphatic carbocycles. The zero-order valence-corrected chi connectivity index (χ0v) is 36.6. The van der Waals surface area contributed by atoms with Gasteiger partial charge in [0.2, 0.25) is 0 Å². The Morgan fingerprint density at radius 3 is 0.774 bits per heavy atom. The van der Waals surface area contributed by atoms with Crippen LogP contribution < -0.4 is 34.5 Å². The van der Waals surface area contributed by atoms with E-state index in [0.717, 1.165) is 112 Å². The van der Waals surface area contributed by atoms with Gasteiger partial charge in [0.15, 0.2) is 0 Å². The minimum Gasteiger partial charge on any atom is -0.657 e. The van der Waals surface area contributed by atoms with Gasteiger partial charge in [-0.05, 0) is 117 Å². The van der Waals surface area contributed by atoms with E-state index in [4.69, 9.17) is 72.6 Å². The zero-order chi connectivity index (χ0) is 42.9. The summed E-state index contributed by atoms with van der Waals surface area (Å²) in [4.78, 5) is 28.6. The van der Waals surface area contributed by atoms with Gasteiger partial charge in [-0.1, -0.05) is 72.8 Å². The largest absolute Gasteiger partial charge is 2.00 e. The number of ether oxygens (including phenoxy) is 4. The number of fused-ring (bicyclic) bond motifs is 8. The molecule has 0 saturated carbocycles. The molecule has 8 bridgehead atoms. The van der Waals surface area contributed by atoms with Crippen molar-refractivity contribution in [2.45, 2.75) is 0 Å². The summed E-state index contributed by atoms with van der Waals surface area (Å²) in [5.74, 6) is 3.06. The smallest absolute Gasteiger partial charge is 0.657 e. The van der Waals surface area contributed by atoms with Crippen LogP contribution in [0.2, 0.25) is 0 Å². The topological polar surface area (TPSA) is 130 Å². The number of rotatable bonds is 8. The number of nitrogens with zero attached hydrogens (tertiary/aromatic N) is 5. The Morgan fingerprint density at radius 2 is 0.597 bits per heavy atom. The third-order valence-electron chi connectivity index (χ3n) is 10.1. The monoisotopic (exact) mass is 902 g/mol. The molecule has 311 valence electrons. The van der Waals surface area contributed by atoms with Crippen LogP contribution in [0, 0.1) is 4.91 Å². The summed E-state index contributed by atoms with van der Waals surface area (Å²) in [5, 5.41) is 0.194. The van der Waals surface area contributed by atoms with Crippen molar-refractivity contribution in [2.75, 3.05) is 33.8 Å². The molecule has 0 amide bonds. The van der Waals surface area contributed by atoms with E-state index in [-0.39, 0.29) is 22.4 Å². The van der Waals surface area contributed by atoms with Gasteiger partial charge in [-0.15, -0.1) is 50.2 Å². The number of benzene rings is 4. The van der Waals surface area contributed by atoms with Crippen LogP contribution in [0.3, 0.4) is 0 Å². The molecule has 0 unspecified atom stereocenters. The summed E-state index contributed by atoms with van der Waals surface area (Å²) in [5.41, 5.74) is 19.4. The van der Waals surface area contributed by atoms with Gasteiger partial charge >= 0.3 is 17.1 Å². The summed E-state index contributed by atoms with van der Waals surface area (Å²) in [7, 11) is 6.67. The van der Waals surface area contributed by atoms with Gasteiger partial charge in [0.1, 0.15) is 28.6 Å². The quantitative estimate of drug-likeness (QED) is 0.108. The van der Waals surface area contributed by atoms with Gasteiger partial charge in [-0.3, -0.25) is 0 Å². The standard InChI is InChI=1S/C48H36N4O4.CH2Cl2.Fe.NO/c1-53-33-13-5-29(6-14-33)45-37-21-23-39(49-37)46(30-7-15-34(54-2)16-8-30)41-25-27-43(51-41)48(32-11-19-36(56-4)20-12-32)44-28-26-42(52-44)47(40-24-22-38(45)50-40)31-9-17-35(55-3)18-10-31;2-1-3;;1-2/h5-28H,1-4H3;1H2;;/q-2;;+2;. The first-order valence-corrected chi connectivity index (χ1v) is 20.0. The first-order valence-electron chi connectivity index (χ1n) is 18.9. The van der Waals surface area contributed by atoms with E-state index in [1.165, 1.54) is 0 Å². The molecule has 0 fully saturated rings. The molecule has 4 aromatic carbocycles. The number of aromatic nitrogens is 4. The molecule has 0 saturated heterocycles. The Morgan fingerprint density at radius 1 is 0.403 bits per heavy atom. The van der Waals surface area contributed by atoms with Crippen LogP contribution in [0.1, 0.15) is 22.8 Å². The molecular formula is C49H38Cl2FeN5O5. The van der Waals surface area contributed by atoms with Crippen molar-refractivity contribution < 1.29 is 36.0 Å². The number of hydrogen-bond donors (Lipinski definition) is 0. The van der Waals surface area contributed by atoms with Crippen molar-refractivity contribution in [3.63, 3.8) is 0 Å². The molecule has 13 heteroatoms. The molecule has 7 aromatic rings. The second-order valence-electron chi connectivity index (χ2n) is 13.4. The van der Waals surface area contributed by atoms with Crippen molar-refractivity contribution >= 4 is 69.6 Å². The Hall–Kier alpha value is -6.62. The van der Waals surface area contributed by atoms with Crippen molar-refractivity contribution in [1.29, 1.82) is 0 Å². The Labute approximate surface area is 379 Å². The second-order valence-corrected chi connectivity index (χ2v) is 14.2. The summed E-state index contributed by atoms with van der Waals surface area (Å²) < 4.78 is 22.1. The van der Waals surface area contributed by atoms with Gasteiger partial charge in [0.25, 0.3) is 0 Å². The molecule has 0 N–H and O–H groups in total. The van der Waals surface area contributed by atoms with Gasteiger partial charge in [-0.2, -0.15) is 0 Å². The van der Waals surface area contributed by atoms with Crippen LogP contribution in [0.4, 0.5) is 0 Å². The van der Waals surface area contributed by atoms with Crippen LogP contribution >= 0.6 is 23.2 Å². The molecule has 62 heavy (non-hydrogen) atoms.